The Bertz CT molecular complexity index is 669. The van der Waals surface area contributed by atoms with Gasteiger partial charge in [0.25, 0.3) is 0 Å². The van der Waals surface area contributed by atoms with Crippen LogP contribution in [0.5, 0.6) is 0 Å². The van der Waals surface area contributed by atoms with E-state index in [0.717, 1.165) is 30.2 Å². The van der Waals surface area contributed by atoms with Gasteiger partial charge in [0.15, 0.2) is 0 Å². The molecule has 1 saturated heterocycles. The Morgan fingerprint density at radius 1 is 1.32 bits per heavy atom. The number of ether oxygens (including phenoxy) is 1. The summed E-state index contributed by atoms with van der Waals surface area (Å²) in [7, 11) is 0. The van der Waals surface area contributed by atoms with E-state index in [0.29, 0.717) is 26.2 Å². The van der Waals surface area contributed by atoms with Crippen LogP contribution in [0.4, 0.5) is 10.6 Å². The van der Waals surface area contributed by atoms with Crippen LogP contribution in [0.15, 0.2) is 41.1 Å². The highest BCUT2D eigenvalue weighted by Crippen LogP contribution is 2.18. The second-order valence-corrected chi connectivity index (χ2v) is 6.10. The molecule has 0 spiro atoms. The Balaban J connectivity index is 1.51. The number of aromatic nitrogens is 1. The third-order valence-electron chi connectivity index (χ3n) is 4.08. The molecule has 0 aromatic carbocycles. The molecule has 0 aliphatic carbocycles. The minimum atomic E-state index is -0.198. The summed E-state index contributed by atoms with van der Waals surface area (Å²) in [6.07, 6.45) is 4.07. The predicted octanol–water partition coefficient (Wildman–Crippen LogP) is 1.94. The number of carbonyl (C=O) groups is 1. The van der Waals surface area contributed by atoms with Gasteiger partial charge in [0.05, 0.1) is 19.5 Å². The van der Waals surface area contributed by atoms with E-state index in [-0.39, 0.29) is 12.1 Å². The quantitative estimate of drug-likeness (QED) is 0.837. The van der Waals surface area contributed by atoms with Crippen molar-refractivity contribution in [3.8, 4) is 0 Å². The van der Waals surface area contributed by atoms with Gasteiger partial charge in [-0.2, -0.15) is 0 Å². The molecule has 7 nitrogen and oxygen atoms in total. The maximum absolute atomic E-state index is 12.1. The number of urea groups is 1. The fourth-order valence-corrected chi connectivity index (χ4v) is 2.86. The molecule has 1 atom stereocenters. The third kappa shape index (κ3) is 4.96. The molecule has 2 aromatic rings. The highest BCUT2D eigenvalue weighted by molar-refractivity contribution is 5.74. The number of nitrogens with zero attached hydrogens (tertiary/aromatic N) is 2. The van der Waals surface area contributed by atoms with E-state index in [1.54, 1.807) is 12.5 Å². The molecule has 0 radical (unpaired) electrons. The normalized spacial score (nSPS) is 15.6. The van der Waals surface area contributed by atoms with Gasteiger partial charge in [0.2, 0.25) is 0 Å². The lowest BCUT2D eigenvalue weighted by atomic mass is 10.2. The average Bonchev–Trinajstić information content (AvgIpc) is 3.14. The first-order valence-electron chi connectivity index (χ1n) is 8.55. The van der Waals surface area contributed by atoms with Crippen molar-refractivity contribution in [3.05, 3.63) is 48.0 Å². The molecule has 1 fully saturated rings. The fourth-order valence-electron chi connectivity index (χ4n) is 2.86. The molecule has 134 valence electrons. The lowest BCUT2D eigenvalue weighted by Crippen LogP contribution is -2.42. The van der Waals surface area contributed by atoms with E-state index in [9.17, 15) is 4.79 Å². The van der Waals surface area contributed by atoms with E-state index < -0.39 is 0 Å². The van der Waals surface area contributed by atoms with Gasteiger partial charge in [-0.1, -0.05) is 6.07 Å². The maximum Gasteiger partial charge on any atom is 0.315 e. The Morgan fingerprint density at radius 3 is 2.92 bits per heavy atom. The summed E-state index contributed by atoms with van der Waals surface area (Å²) in [5, 5.41) is 5.83. The summed E-state index contributed by atoms with van der Waals surface area (Å²) >= 11 is 0. The highest BCUT2D eigenvalue weighted by atomic mass is 16.5. The molecular formula is C18H24N4O3. The van der Waals surface area contributed by atoms with Crippen molar-refractivity contribution in [1.29, 1.82) is 0 Å². The van der Waals surface area contributed by atoms with Crippen LogP contribution in [0.3, 0.4) is 0 Å². The van der Waals surface area contributed by atoms with Crippen LogP contribution in [0.25, 0.3) is 0 Å². The average molecular weight is 344 g/mol. The number of pyridine rings is 1. The topological polar surface area (TPSA) is 79.6 Å². The predicted molar refractivity (Wildman–Crippen MR) is 94.5 cm³/mol. The summed E-state index contributed by atoms with van der Waals surface area (Å²) in [5.74, 6) is 1.77. The van der Waals surface area contributed by atoms with Crippen LogP contribution in [-0.2, 0) is 17.7 Å². The largest absolute Gasteiger partial charge is 0.469 e. The molecule has 7 heteroatoms. The van der Waals surface area contributed by atoms with Crippen LogP contribution in [-0.4, -0.2) is 43.4 Å². The lowest BCUT2D eigenvalue weighted by molar-refractivity contribution is 0.122. The first kappa shape index (κ1) is 17.3. The van der Waals surface area contributed by atoms with Crippen LogP contribution in [0.2, 0.25) is 0 Å². The Morgan fingerprint density at radius 2 is 2.16 bits per heavy atom. The van der Waals surface area contributed by atoms with E-state index >= 15 is 0 Å². The number of furan rings is 1. The first-order valence-corrected chi connectivity index (χ1v) is 8.55. The lowest BCUT2D eigenvalue weighted by Gasteiger charge is -2.29. The van der Waals surface area contributed by atoms with Crippen molar-refractivity contribution < 1.29 is 13.9 Å². The van der Waals surface area contributed by atoms with Gasteiger partial charge in [0, 0.05) is 43.9 Å². The third-order valence-corrected chi connectivity index (χ3v) is 4.08. The minimum Gasteiger partial charge on any atom is -0.469 e. The van der Waals surface area contributed by atoms with Gasteiger partial charge in [-0.25, -0.2) is 9.78 Å². The summed E-state index contributed by atoms with van der Waals surface area (Å²) in [4.78, 5) is 18.8. The van der Waals surface area contributed by atoms with Crippen molar-refractivity contribution in [3.63, 3.8) is 0 Å². The molecule has 25 heavy (non-hydrogen) atoms. The minimum absolute atomic E-state index is 0.0150. The van der Waals surface area contributed by atoms with E-state index in [4.69, 9.17) is 9.15 Å². The van der Waals surface area contributed by atoms with Crippen LogP contribution < -0.4 is 15.5 Å². The zero-order chi connectivity index (χ0) is 17.5. The number of hydrogen-bond acceptors (Lipinski definition) is 5. The molecule has 2 N–H and O–H groups in total. The molecule has 2 aromatic heterocycles. The summed E-state index contributed by atoms with van der Waals surface area (Å²) in [6.45, 7) is 5.42. The Kier molecular flexibility index (Phi) is 5.90. The number of amides is 2. The molecule has 1 aliphatic rings. The van der Waals surface area contributed by atoms with Crippen molar-refractivity contribution in [2.24, 2.45) is 0 Å². The van der Waals surface area contributed by atoms with E-state index in [1.165, 1.54) is 0 Å². The fraction of sp³-hybridized carbons (Fsp3) is 0.444. The first-order chi connectivity index (χ1) is 12.2. The Hall–Kier alpha value is -2.54. The van der Waals surface area contributed by atoms with Gasteiger partial charge in [-0.15, -0.1) is 0 Å². The number of carbonyl (C=O) groups excluding carboxylic acids is 1. The number of anilines is 1. The standard InChI is InChI=1S/C18H24N4O3/c1-14(12-16-5-3-9-25-16)21-18(23)20-13-15-4-2-6-19-17(15)22-7-10-24-11-8-22/h2-6,9,14H,7-8,10-13H2,1H3,(H2,20,21,23)/t14-/m0/s1. The smallest absolute Gasteiger partial charge is 0.315 e. The molecule has 3 heterocycles. The number of rotatable bonds is 6. The summed E-state index contributed by atoms with van der Waals surface area (Å²) in [5.41, 5.74) is 0.998. The maximum atomic E-state index is 12.1. The van der Waals surface area contributed by atoms with Crippen LogP contribution in [0, 0.1) is 0 Å². The van der Waals surface area contributed by atoms with Crippen molar-refractivity contribution in [2.45, 2.75) is 25.9 Å². The number of hydrogen-bond donors (Lipinski definition) is 2. The summed E-state index contributed by atoms with van der Waals surface area (Å²) < 4.78 is 10.7. The van der Waals surface area contributed by atoms with Gasteiger partial charge >= 0.3 is 6.03 Å². The summed E-state index contributed by atoms with van der Waals surface area (Å²) in [6, 6.07) is 7.41. The van der Waals surface area contributed by atoms with E-state index in [2.05, 4.69) is 20.5 Å². The monoisotopic (exact) mass is 344 g/mol. The van der Waals surface area contributed by atoms with E-state index in [1.807, 2.05) is 31.2 Å². The molecule has 0 bridgehead atoms. The zero-order valence-corrected chi connectivity index (χ0v) is 14.4. The Labute approximate surface area is 147 Å². The molecule has 3 rings (SSSR count). The van der Waals surface area contributed by atoms with Gasteiger partial charge in [-0.05, 0) is 25.1 Å². The molecule has 0 unspecified atom stereocenters. The molecule has 2 amide bonds. The van der Waals surface area contributed by atoms with Gasteiger partial charge in [0.1, 0.15) is 11.6 Å². The van der Waals surface area contributed by atoms with Gasteiger partial charge in [-0.3, -0.25) is 0 Å². The van der Waals surface area contributed by atoms with Crippen molar-refractivity contribution >= 4 is 11.8 Å². The van der Waals surface area contributed by atoms with Gasteiger partial charge < -0.3 is 24.7 Å². The second kappa shape index (κ2) is 8.53. The van der Waals surface area contributed by atoms with Crippen LogP contribution in [0.1, 0.15) is 18.2 Å². The van der Waals surface area contributed by atoms with Crippen molar-refractivity contribution in [1.82, 2.24) is 15.6 Å². The highest BCUT2D eigenvalue weighted by Gasteiger charge is 2.16. The molecule has 1 aliphatic heterocycles. The second-order valence-electron chi connectivity index (χ2n) is 6.10. The number of nitrogens with one attached hydrogen (secondary N) is 2. The number of morpholine rings is 1. The SMILES string of the molecule is C[C@@H](Cc1ccco1)NC(=O)NCc1cccnc1N1CCOCC1. The molecular weight excluding hydrogens is 320 g/mol. The van der Waals surface area contributed by atoms with Crippen molar-refractivity contribution in [2.75, 3.05) is 31.2 Å². The molecule has 0 saturated carbocycles. The zero-order valence-electron chi connectivity index (χ0n) is 14.4. The van der Waals surface area contributed by atoms with Crippen LogP contribution >= 0.6 is 0 Å².